The van der Waals surface area contributed by atoms with Gasteiger partial charge in [-0.3, -0.25) is 0 Å². The molecule has 1 rings (SSSR count). The summed E-state index contributed by atoms with van der Waals surface area (Å²) >= 11 is 0. The molecule has 1 aliphatic heterocycles. The fourth-order valence-electron chi connectivity index (χ4n) is 2.01. The van der Waals surface area contributed by atoms with Crippen molar-refractivity contribution in [2.45, 2.75) is 38.7 Å². The van der Waals surface area contributed by atoms with Gasteiger partial charge in [0.1, 0.15) is 0 Å². The second-order valence-electron chi connectivity index (χ2n) is 4.61. The summed E-state index contributed by atoms with van der Waals surface area (Å²) < 4.78 is 10.4. The molecule has 4 heteroatoms. The number of esters is 1. The Kier molecular flexibility index (Phi) is 5.65. The number of carbonyl (C=O) groups is 1. The molecule has 0 spiro atoms. The molecule has 0 aromatic carbocycles. The van der Waals surface area contributed by atoms with E-state index in [0.29, 0.717) is 13.0 Å². The van der Waals surface area contributed by atoms with E-state index in [4.69, 9.17) is 9.47 Å². The van der Waals surface area contributed by atoms with Crippen molar-refractivity contribution in [1.82, 2.24) is 5.32 Å². The number of methoxy groups -OCH3 is 1. The van der Waals surface area contributed by atoms with E-state index in [1.54, 1.807) is 0 Å². The second-order valence-corrected chi connectivity index (χ2v) is 4.61. The van der Waals surface area contributed by atoms with Crippen molar-refractivity contribution in [2.24, 2.45) is 0 Å². The highest BCUT2D eigenvalue weighted by Gasteiger charge is 2.28. The third-order valence-electron chi connectivity index (χ3n) is 3.12. The van der Waals surface area contributed by atoms with Crippen LogP contribution < -0.4 is 5.32 Å². The van der Waals surface area contributed by atoms with E-state index < -0.39 is 0 Å². The summed E-state index contributed by atoms with van der Waals surface area (Å²) in [4.78, 5) is 11.3. The highest BCUT2D eigenvalue weighted by Crippen LogP contribution is 2.23. The number of carbonyl (C=O) groups excluding carboxylic acids is 1. The number of rotatable bonds is 6. The lowest BCUT2D eigenvalue weighted by Crippen LogP contribution is -2.37. The van der Waals surface area contributed by atoms with Gasteiger partial charge in [0, 0.05) is 25.3 Å². The summed E-state index contributed by atoms with van der Waals surface area (Å²) in [5.41, 5.74) is 0.684. The minimum atomic E-state index is -0.238. The molecule has 1 atom stereocenters. The molecular formula is C13H23NO3. The molecule has 1 N–H and O–H groups in total. The molecule has 0 radical (unpaired) electrons. The van der Waals surface area contributed by atoms with Crippen LogP contribution in [0.3, 0.4) is 0 Å². The minimum Gasteiger partial charge on any atom is -0.466 e. The lowest BCUT2D eigenvalue weighted by atomic mass is 10.0. The Bertz CT molecular complexity index is 280. The van der Waals surface area contributed by atoms with Crippen molar-refractivity contribution in [3.63, 3.8) is 0 Å². The molecule has 17 heavy (non-hydrogen) atoms. The van der Waals surface area contributed by atoms with Gasteiger partial charge >= 0.3 is 5.97 Å². The van der Waals surface area contributed by atoms with Crippen LogP contribution in [0.5, 0.6) is 0 Å². The summed E-state index contributed by atoms with van der Waals surface area (Å²) in [6.45, 7) is 6.43. The van der Waals surface area contributed by atoms with Gasteiger partial charge in [-0.2, -0.15) is 0 Å². The summed E-state index contributed by atoms with van der Waals surface area (Å²) in [6.07, 6.45) is 4.82. The minimum absolute atomic E-state index is 0.0362. The molecule has 1 saturated heterocycles. The van der Waals surface area contributed by atoms with E-state index in [1.165, 1.54) is 7.11 Å². The van der Waals surface area contributed by atoms with E-state index in [0.717, 1.165) is 31.6 Å². The zero-order chi connectivity index (χ0) is 12.7. The lowest BCUT2D eigenvalue weighted by Gasteiger charge is -2.23. The second kappa shape index (κ2) is 6.77. The average Bonchev–Trinajstić information content (AvgIpc) is 2.76. The molecule has 1 fully saturated rings. The number of hydrogen-bond donors (Lipinski definition) is 1. The van der Waals surface area contributed by atoms with Crippen molar-refractivity contribution in [3.05, 3.63) is 11.6 Å². The van der Waals surface area contributed by atoms with Gasteiger partial charge in [0.15, 0.2) is 0 Å². The molecule has 0 aliphatic carbocycles. The zero-order valence-corrected chi connectivity index (χ0v) is 11.0. The third-order valence-corrected chi connectivity index (χ3v) is 3.12. The lowest BCUT2D eigenvalue weighted by molar-refractivity contribution is -0.136. The fourth-order valence-corrected chi connectivity index (χ4v) is 2.01. The Morgan fingerprint density at radius 2 is 2.35 bits per heavy atom. The van der Waals surface area contributed by atoms with Gasteiger partial charge in [0.05, 0.1) is 12.7 Å². The van der Waals surface area contributed by atoms with E-state index >= 15 is 0 Å². The molecular weight excluding hydrogens is 218 g/mol. The largest absolute Gasteiger partial charge is 0.466 e. The first kappa shape index (κ1) is 14.2. The normalized spacial score (nSPS) is 25.0. The maximum Gasteiger partial charge on any atom is 0.333 e. The topological polar surface area (TPSA) is 47.6 Å². The van der Waals surface area contributed by atoms with E-state index in [-0.39, 0.29) is 11.6 Å². The van der Waals surface area contributed by atoms with Crippen LogP contribution in [0.1, 0.15) is 33.1 Å². The number of ether oxygens (including phenoxy) is 2. The summed E-state index contributed by atoms with van der Waals surface area (Å²) in [7, 11) is 1.41. The molecule has 0 aromatic heterocycles. The van der Waals surface area contributed by atoms with Crippen LogP contribution in [0.15, 0.2) is 11.6 Å². The van der Waals surface area contributed by atoms with Crippen LogP contribution in [0.25, 0.3) is 0 Å². The van der Waals surface area contributed by atoms with Crippen LogP contribution in [0.4, 0.5) is 0 Å². The van der Waals surface area contributed by atoms with E-state index in [1.807, 2.05) is 13.0 Å². The molecule has 1 heterocycles. The van der Waals surface area contributed by atoms with Gasteiger partial charge < -0.3 is 14.8 Å². The molecule has 4 nitrogen and oxygen atoms in total. The van der Waals surface area contributed by atoms with Gasteiger partial charge in [-0.25, -0.2) is 4.79 Å². The van der Waals surface area contributed by atoms with Crippen LogP contribution in [-0.4, -0.2) is 38.4 Å². The molecule has 0 aromatic rings. The standard InChI is InChI=1S/C13H23NO3/c1-4-11(12(15)16-3)6-8-14-10-13(2)7-5-9-17-13/h6,14H,4-5,7-10H2,1-3H3. The SMILES string of the molecule is CCC(=CCNCC1(C)CCCO1)C(=O)OC. The molecule has 0 saturated carbocycles. The Labute approximate surface area is 103 Å². The monoisotopic (exact) mass is 241 g/mol. The Hall–Kier alpha value is -0.870. The van der Waals surface area contributed by atoms with Crippen LogP contribution in [0.2, 0.25) is 0 Å². The van der Waals surface area contributed by atoms with Crippen molar-refractivity contribution in [1.29, 1.82) is 0 Å². The number of nitrogens with one attached hydrogen (secondary N) is 1. The maximum absolute atomic E-state index is 11.3. The van der Waals surface area contributed by atoms with Crippen LogP contribution in [-0.2, 0) is 14.3 Å². The Morgan fingerprint density at radius 1 is 1.59 bits per heavy atom. The first-order valence-corrected chi connectivity index (χ1v) is 6.23. The Balaban J connectivity index is 2.30. The third kappa shape index (κ3) is 4.48. The summed E-state index contributed by atoms with van der Waals surface area (Å²) in [5, 5.41) is 3.30. The molecule has 0 amide bonds. The molecule has 98 valence electrons. The smallest absolute Gasteiger partial charge is 0.333 e. The first-order chi connectivity index (χ1) is 8.11. The highest BCUT2D eigenvalue weighted by molar-refractivity contribution is 5.88. The van der Waals surface area contributed by atoms with Crippen molar-refractivity contribution >= 4 is 5.97 Å². The fraction of sp³-hybridized carbons (Fsp3) is 0.769. The highest BCUT2D eigenvalue weighted by atomic mass is 16.5. The van der Waals surface area contributed by atoms with Crippen molar-refractivity contribution < 1.29 is 14.3 Å². The van der Waals surface area contributed by atoms with Gasteiger partial charge in [-0.05, 0) is 26.2 Å². The first-order valence-electron chi connectivity index (χ1n) is 6.23. The van der Waals surface area contributed by atoms with E-state index in [2.05, 4.69) is 12.2 Å². The van der Waals surface area contributed by atoms with Gasteiger partial charge in [0.25, 0.3) is 0 Å². The maximum atomic E-state index is 11.3. The van der Waals surface area contributed by atoms with Crippen LogP contribution >= 0.6 is 0 Å². The number of hydrogen-bond acceptors (Lipinski definition) is 4. The van der Waals surface area contributed by atoms with Crippen molar-refractivity contribution in [3.8, 4) is 0 Å². The van der Waals surface area contributed by atoms with Gasteiger partial charge in [-0.15, -0.1) is 0 Å². The Morgan fingerprint density at radius 3 is 2.88 bits per heavy atom. The quantitative estimate of drug-likeness (QED) is 0.436. The molecule has 0 bridgehead atoms. The van der Waals surface area contributed by atoms with Gasteiger partial charge in [0.2, 0.25) is 0 Å². The average molecular weight is 241 g/mol. The molecule has 1 aliphatic rings. The predicted octanol–water partition coefficient (Wildman–Crippen LogP) is 1.65. The van der Waals surface area contributed by atoms with E-state index in [9.17, 15) is 4.79 Å². The van der Waals surface area contributed by atoms with Gasteiger partial charge in [-0.1, -0.05) is 13.0 Å². The zero-order valence-electron chi connectivity index (χ0n) is 11.0. The van der Waals surface area contributed by atoms with Crippen LogP contribution in [0, 0.1) is 0 Å². The summed E-state index contributed by atoms with van der Waals surface area (Å²) in [6, 6.07) is 0. The predicted molar refractivity (Wildman–Crippen MR) is 66.9 cm³/mol. The van der Waals surface area contributed by atoms with Crippen molar-refractivity contribution in [2.75, 3.05) is 26.8 Å². The molecule has 1 unspecified atom stereocenters. The summed E-state index contributed by atoms with van der Waals surface area (Å²) in [5.74, 6) is -0.238.